The van der Waals surface area contributed by atoms with E-state index in [4.69, 9.17) is 0 Å². The summed E-state index contributed by atoms with van der Waals surface area (Å²) < 4.78 is 26.8. The molecule has 7 heteroatoms. The molecular formula is C17H21F2IN4. The monoisotopic (exact) mass is 446 g/mol. The second-order valence-corrected chi connectivity index (χ2v) is 5.22. The lowest BCUT2D eigenvalue weighted by atomic mass is 10.1. The molecule has 0 aliphatic heterocycles. The summed E-state index contributed by atoms with van der Waals surface area (Å²) in [5.74, 6) is -0.654. The molecular weight excluding hydrogens is 425 g/mol. The van der Waals surface area contributed by atoms with Gasteiger partial charge in [-0.15, -0.1) is 24.0 Å². The van der Waals surface area contributed by atoms with E-state index < -0.39 is 11.6 Å². The highest BCUT2D eigenvalue weighted by Gasteiger charge is 2.13. The van der Waals surface area contributed by atoms with Gasteiger partial charge in [0.2, 0.25) is 0 Å². The zero-order valence-corrected chi connectivity index (χ0v) is 16.1. The molecule has 2 N–H and O–H groups in total. The van der Waals surface area contributed by atoms with Gasteiger partial charge in [0.05, 0.1) is 18.3 Å². The van der Waals surface area contributed by atoms with Crippen LogP contribution in [0, 0.1) is 18.6 Å². The summed E-state index contributed by atoms with van der Waals surface area (Å²) in [4.78, 5) is 8.41. The molecule has 0 radical (unpaired) electrons. The molecule has 2 aromatic rings. The van der Waals surface area contributed by atoms with Crippen LogP contribution in [0.3, 0.4) is 0 Å². The molecule has 0 saturated heterocycles. The molecule has 0 aliphatic rings. The van der Waals surface area contributed by atoms with Gasteiger partial charge in [-0.25, -0.2) is 8.78 Å². The Hall–Kier alpha value is -1.77. The van der Waals surface area contributed by atoms with Gasteiger partial charge in [-0.1, -0.05) is 12.1 Å². The number of nitrogens with zero attached hydrogens (tertiary/aromatic N) is 2. The van der Waals surface area contributed by atoms with Crippen molar-refractivity contribution in [2.24, 2.45) is 4.99 Å². The highest BCUT2D eigenvalue weighted by Crippen LogP contribution is 2.17. The van der Waals surface area contributed by atoms with Crippen LogP contribution in [-0.4, -0.2) is 18.0 Å². The molecule has 1 aromatic heterocycles. The van der Waals surface area contributed by atoms with Crippen LogP contribution in [-0.2, 0) is 6.54 Å². The predicted molar refractivity (Wildman–Crippen MR) is 102 cm³/mol. The summed E-state index contributed by atoms with van der Waals surface area (Å²) in [5.41, 5.74) is 2.37. The Morgan fingerprint density at radius 2 is 2.04 bits per heavy atom. The van der Waals surface area contributed by atoms with Crippen molar-refractivity contribution in [1.29, 1.82) is 0 Å². The highest BCUT2D eigenvalue weighted by atomic mass is 127. The van der Waals surface area contributed by atoms with Crippen LogP contribution in [0.15, 0.2) is 41.5 Å². The fourth-order valence-corrected chi connectivity index (χ4v) is 2.20. The van der Waals surface area contributed by atoms with Gasteiger partial charge in [-0.3, -0.25) is 9.98 Å². The van der Waals surface area contributed by atoms with Gasteiger partial charge in [0.25, 0.3) is 0 Å². The van der Waals surface area contributed by atoms with Crippen LogP contribution in [0.1, 0.15) is 29.8 Å². The van der Waals surface area contributed by atoms with Gasteiger partial charge in [-0.05, 0) is 31.5 Å². The molecule has 0 spiro atoms. The highest BCUT2D eigenvalue weighted by molar-refractivity contribution is 14.0. The standard InChI is InChI=1S/C17H20F2N4.HI/c1-11-5-4-8-21-16(11)10-22-17(20-3)23-12(2)14-7-6-13(18)9-15(14)19;/h4-9,12H,10H2,1-3H3,(H2,20,22,23);1H. The molecule has 24 heavy (non-hydrogen) atoms. The van der Waals surface area contributed by atoms with E-state index in [9.17, 15) is 8.78 Å². The average molecular weight is 446 g/mol. The number of hydrogen-bond donors (Lipinski definition) is 2. The summed E-state index contributed by atoms with van der Waals surface area (Å²) >= 11 is 0. The average Bonchev–Trinajstić information content (AvgIpc) is 2.52. The minimum Gasteiger partial charge on any atom is -0.351 e. The van der Waals surface area contributed by atoms with E-state index in [-0.39, 0.29) is 30.0 Å². The number of aliphatic imine (C=N–C) groups is 1. The Morgan fingerprint density at radius 3 is 2.67 bits per heavy atom. The van der Waals surface area contributed by atoms with Gasteiger partial charge < -0.3 is 10.6 Å². The van der Waals surface area contributed by atoms with E-state index >= 15 is 0 Å². The minimum atomic E-state index is -0.591. The topological polar surface area (TPSA) is 49.3 Å². The molecule has 130 valence electrons. The van der Waals surface area contributed by atoms with Crippen LogP contribution in [0.5, 0.6) is 0 Å². The number of rotatable bonds is 4. The molecule has 1 heterocycles. The number of hydrogen-bond acceptors (Lipinski definition) is 2. The molecule has 1 aromatic carbocycles. The molecule has 2 rings (SSSR count). The van der Waals surface area contributed by atoms with Crippen molar-refractivity contribution in [1.82, 2.24) is 15.6 Å². The quantitative estimate of drug-likeness (QED) is 0.428. The Morgan fingerprint density at radius 1 is 1.29 bits per heavy atom. The second kappa shape index (κ2) is 9.51. The number of nitrogens with one attached hydrogen (secondary N) is 2. The normalized spacial score (nSPS) is 12.3. The number of aryl methyl sites for hydroxylation is 1. The van der Waals surface area contributed by atoms with E-state index in [1.807, 2.05) is 19.1 Å². The Balaban J connectivity index is 0.00000288. The molecule has 0 bridgehead atoms. The third-order valence-corrected chi connectivity index (χ3v) is 3.55. The summed E-state index contributed by atoms with van der Waals surface area (Å²) in [6, 6.07) is 7.05. The van der Waals surface area contributed by atoms with E-state index in [1.54, 1.807) is 20.2 Å². The molecule has 0 fully saturated rings. The Bertz CT molecular complexity index is 707. The fourth-order valence-electron chi connectivity index (χ4n) is 2.20. The van der Waals surface area contributed by atoms with E-state index in [2.05, 4.69) is 20.6 Å². The van der Waals surface area contributed by atoms with Gasteiger partial charge in [0, 0.05) is 24.9 Å². The van der Waals surface area contributed by atoms with Crippen molar-refractivity contribution in [2.45, 2.75) is 26.4 Å². The first-order chi connectivity index (χ1) is 11.0. The molecule has 1 atom stereocenters. The maximum atomic E-state index is 13.8. The van der Waals surface area contributed by atoms with Crippen LogP contribution in [0.2, 0.25) is 0 Å². The van der Waals surface area contributed by atoms with Crippen molar-refractivity contribution in [2.75, 3.05) is 7.05 Å². The van der Waals surface area contributed by atoms with Gasteiger partial charge >= 0.3 is 0 Å². The predicted octanol–water partition coefficient (Wildman–Crippen LogP) is 3.71. The van der Waals surface area contributed by atoms with E-state index in [0.29, 0.717) is 18.1 Å². The van der Waals surface area contributed by atoms with Crippen LogP contribution < -0.4 is 10.6 Å². The van der Waals surface area contributed by atoms with Crippen LogP contribution in [0.25, 0.3) is 0 Å². The summed E-state index contributed by atoms with van der Waals surface area (Å²) in [6.45, 7) is 4.27. The maximum absolute atomic E-state index is 13.8. The first kappa shape index (κ1) is 20.3. The number of aromatic nitrogens is 1. The number of halogens is 3. The van der Waals surface area contributed by atoms with Crippen LogP contribution in [0.4, 0.5) is 8.78 Å². The summed E-state index contributed by atoms with van der Waals surface area (Å²) in [5, 5.41) is 6.22. The van der Waals surface area contributed by atoms with Crippen molar-refractivity contribution >= 4 is 29.9 Å². The lowest BCUT2D eigenvalue weighted by Crippen LogP contribution is -2.38. The van der Waals surface area contributed by atoms with Gasteiger partial charge in [-0.2, -0.15) is 0 Å². The smallest absolute Gasteiger partial charge is 0.191 e. The van der Waals surface area contributed by atoms with Crippen molar-refractivity contribution < 1.29 is 8.78 Å². The lowest BCUT2D eigenvalue weighted by Gasteiger charge is -2.19. The van der Waals surface area contributed by atoms with Crippen molar-refractivity contribution in [3.63, 3.8) is 0 Å². The van der Waals surface area contributed by atoms with E-state index in [0.717, 1.165) is 17.3 Å². The van der Waals surface area contributed by atoms with Gasteiger partial charge in [0.1, 0.15) is 11.6 Å². The zero-order valence-electron chi connectivity index (χ0n) is 13.8. The zero-order chi connectivity index (χ0) is 16.8. The van der Waals surface area contributed by atoms with Crippen LogP contribution >= 0.6 is 24.0 Å². The third kappa shape index (κ3) is 5.40. The number of guanidine groups is 1. The fraction of sp³-hybridized carbons (Fsp3) is 0.294. The number of benzene rings is 1. The SMILES string of the molecule is CN=C(NCc1ncccc1C)NC(C)c1ccc(F)cc1F.I. The maximum Gasteiger partial charge on any atom is 0.191 e. The Kier molecular flexibility index (Phi) is 8.03. The number of pyridine rings is 1. The lowest BCUT2D eigenvalue weighted by molar-refractivity contribution is 0.550. The first-order valence-electron chi connectivity index (χ1n) is 7.34. The minimum absolute atomic E-state index is 0. The van der Waals surface area contributed by atoms with E-state index in [1.165, 1.54) is 12.1 Å². The Labute approximate surface area is 157 Å². The largest absolute Gasteiger partial charge is 0.351 e. The molecule has 0 amide bonds. The summed E-state index contributed by atoms with van der Waals surface area (Å²) in [6.07, 6.45) is 1.73. The third-order valence-electron chi connectivity index (χ3n) is 3.55. The summed E-state index contributed by atoms with van der Waals surface area (Å²) in [7, 11) is 1.63. The van der Waals surface area contributed by atoms with Crippen molar-refractivity contribution in [3.8, 4) is 0 Å². The van der Waals surface area contributed by atoms with Gasteiger partial charge in [0.15, 0.2) is 5.96 Å². The molecule has 4 nitrogen and oxygen atoms in total. The molecule has 0 aliphatic carbocycles. The molecule has 1 unspecified atom stereocenters. The molecule has 0 saturated carbocycles. The first-order valence-corrected chi connectivity index (χ1v) is 7.34. The second-order valence-electron chi connectivity index (χ2n) is 5.22. The van der Waals surface area contributed by atoms with Crippen molar-refractivity contribution in [3.05, 3.63) is 65.0 Å².